The van der Waals surface area contributed by atoms with Crippen molar-refractivity contribution in [3.8, 4) is 0 Å². The molecule has 2 rings (SSSR count). The normalized spacial score (nSPS) is 10.5. The molecule has 0 aromatic heterocycles. The van der Waals surface area contributed by atoms with E-state index >= 15 is 0 Å². The minimum absolute atomic E-state index is 0.0294. The zero-order chi connectivity index (χ0) is 15.6. The molecule has 0 amide bonds. The molecule has 21 heavy (non-hydrogen) atoms. The molecule has 2 N–H and O–H groups in total. The van der Waals surface area contributed by atoms with Crippen molar-refractivity contribution in [1.29, 1.82) is 0 Å². The van der Waals surface area contributed by atoms with Crippen LogP contribution in [0.4, 0.5) is 20.2 Å². The summed E-state index contributed by atoms with van der Waals surface area (Å²) in [7, 11) is 0. The largest absolute Gasteiger partial charge is 0.389 e. The first-order valence-electron chi connectivity index (χ1n) is 6.57. The molecular formula is C16H16F2N2S. The van der Waals surface area contributed by atoms with Crippen molar-refractivity contribution in [3.63, 3.8) is 0 Å². The number of thiocarbonyl (C=S) groups is 1. The van der Waals surface area contributed by atoms with Gasteiger partial charge in [0.25, 0.3) is 0 Å². The summed E-state index contributed by atoms with van der Waals surface area (Å²) in [6.07, 6.45) is 0. The molecule has 2 nitrogen and oxygen atoms in total. The number of hydrogen-bond acceptors (Lipinski definition) is 2. The van der Waals surface area contributed by atoms with E-state index in [1.807, 2.05) is 38.1 Å². The van der Waals surface area contributed by atoms with Crippen LogP contribution in [-0.2, 0) is 0 Å². The molecule has 0 saturated heterocycles. The Labute approximate surface area is 128 Å². The maximum Gasteiger partial charge on any atom is 0.150 e. The Hall–Kier alpha value is -2.01. The molecule has 0 aliphatic rings. The summed E-state index contributed by atoms with van der Waals surface area (Å²) in [5.74, 6) is -1.36. The number of rotatable bonds is 4. The second kappa shape index (κ2) is 6.18. The fraction of sp³-hybridized carbons (Fsp3) is 0.188. The van der Waals surface area contributed by atoms with Crippen molar-refractivity contribution in [1.82, 2.24) is 0 Å². The van der Waals surface area contributed by atoms with Crippen LogP contribution < -0.4 is 10.6 Å². The van der Waals surface area contributed by atoms with Gasteiger partial charge >= 0.3 is 0 Å². The van der Waals surface area contributed by atoms with Gasteiger partial charge in [-0.05, 0) is 37.6 Å². The fourth-order valence-corrected chi connectivity index (χ4v) is 2.40. The Morgan fingerprint density at radius 1 is 1.19 bits per heavy atom. The Morgan fingerprint density at radius 2 is 1.76 bits per heavy atom. The van der Waals surface area contributed by atoms with Crippen molar-refractivity contribution in [2.45, 2.75) is 13.8 Å². The molecule has 0 aliphatic heterocycles. The molecule has 0 fully saturated rings. The van der Waals surface area contributed by atoms with E-state index < -0.39 is 11.6 Å². The van der Waals surface area contributed by atoms with Gasteiger partial charge in [-0.25, -0.2) is 8.78 Å². The van der Waals surface area contributed by atoms with E-state index in [1.54, 1.807) is 4.90 Å². The third-order valence-electron chi connectivity index (χ3n) is 3.29. The molecule has 2 aromatic rings. The van der Waals surface area contributed by atoms with Gasteiger partial charge < -0.3 is 10.6 Å². The lowest BCUT2D eigenvalue weighted by Crippen LogP contribution is -2.21. The summed E-state index contributed by atoms with van der Waals surface area (Å²) in [6, 6.07) is 9.79. The monoisotopic (exact) mass is 306 g/mol. The number of anilines is 2. The van der Waals surface area contributed by atoms with E-state index in [0.29, 0.717) is 6.54 Å². The molecule has 0 unspecified atom stereocenters. The predicted molar refractivity (Wildman–Crippen MR) is 86.1 cm³/mol. The average Bonchev–Trinajstić information content (AvgIpc) is 2.43. The van der Waals surface area contributed by atoms with Crippen LogP contribution in [0.1, 0.15) is 18.1 Å². The molecule has 0 saturated carbocycles. The number of hydrogen-bond donors (Lipinski definition) is 1. The van der Waals surface area contributed by atoms with E-state index in [-0.39, 0.29) is 16.2 Å². The Morgan fingerprint density at radius 3 is 2.24 bits per heavy atom. The summed E-state index contributed by atoms with van der Waals surface area (Å²) < 4.78 is 28.7. The quantitative estimate of drug-likeness (QED) is 0.864. The highest BCUT2D eigenvalue weighted by molar-refractivity contribution is 7.80. The van der Waals surface area contributed by atoms with Crippen LogP contribution >= 0.6 is 12.2 Å². The van der Waals surface area contributed by atoms with Crippen molar-refractivity contribution in [2.24, 2.45) is 5.73 Å². The maximum absolute atomic E-state index is 14.3. The van der Waals surface area contributed by atoms with Crippen LogP contribution in [0.2, 0.25) is 0 Å². The van der Waals surface area contributed by atoms with Crippen molar-refractivity contribution < 1.29 is 8.78 Å². The number of aryl methyl sites for hydroxylation is 1. The van der Waals surface area contributed by atoms with Crippen LogP contribution in [0.15, 0.2) is 36.4 Å². The Kier molecular flexibility index (Phi) is 4.53. The van der Waals surface area contributed by atoms with E-state index in [4.69, 9.17) is 18.0 Å². The van der Waals surface area contributed by atoms with E-state index in [9.17, 15) is 8.78 Å². The lowest BCUT2D eigenvalue weighted by Gasteiger charge is -2.26. The number of halogens is 2. The molecule has 2 aromatic carbocycles. The van der Waals surface area contributed by atoms with Crippen LogP contribution in [0.5, 0.6) is 0 Å². The van der Waals surface area contributed by atoms with Crippen molar-refractivity contribution >= 4 is 28.6 Å². The Bertz CT molecular complexity index is 663. The molecule has 0 atom stereocenters. The summed E-state index contributed by atoms with van der Waals surface area (Å²) in [6.45, 7) is 4.18. The zero-order valence-corrected chi connectivity index (χ0v) is 12.7. The number of nitrogens with two attached hydrogens (primary N) is 1. The third kappa shape index (κ3) is 3.03. The van der Waals surface area contributed by atoms with Crippen molar-refractivity contribution in [3.05, 3.63) is 59.2 Å². The summed E-state index contributed by atoms with van der Waals surface area (Å²) in [5, 5.41) is 0. The van der Waals surface area contributed by atoms with Gasteiger partial charge in [-0.3, -0.25) is 0 Å². The second-order valence-electron chi connectivity index (χ2n) is 4.68. The first-order chi connectivity index (χ1) is 9.95. The number of para-hydroxylation sites is 1. The lowest BCUT2D eigenvalue weighted by molar-refractivity contribution is 0.580. The number of nitrogens with zero attached hydrogens (tertiary/aromatic N) is 1. The lowest BCUT2D eigenvalue weighted by atomic mass is 10.1. The SMILES string of the molecule is CCN(c1ccccc1C)c1c(F)cc(C(N)=S)cc1F. The molecule has 5 heteroatoms. The van der Waals surface area contributed by atoms with Gasteiger partial charge in [-0.15, -0.1) is 0 Å². The van der Waals surface area contributed by atoms with Crippen LogP contribution in [-0.4, -0.2) is 11.5 Å². The van der Waals surface area contributed by atoms with E-state index in [1.165, 1.54) is 12.1 Å². The van der Waals surface area contributed by atoms with Crippen LogP contribution in [0.25, 0.3) is 0 Å². The molecule has 0 heterocycles. The summed E-state index contributed by atoms with van der Waals surface area (Å²) in [4.78, 5) is 1.57. The third-order valence-corrected chi connectivity index (χ3v) is 3.53. The minimum atomic E-state index is -0.678. The van der Waals surface area contributed by atoms with E-state index in [2.05, 4.69) is 0 Å². The molecule has 110 valence electrons. The predicted octanol–water partition coefficient (Wildman–Crippen LogP) is 4.07. The second-order valence-corrected chi connectivity index (χ2v) is 5.12. The van der Waals surface area contributed by atoms with E-state index in [0.717, 1.165) is 11.3 Å². The highest BCUT2D eigenvalue weighted by atomic mass is 32.1. The van der Waals surface area contributed by atoms with Gasteiger partial charge in [0.1, 0.15) is 10.7 Å². The molecule has 0 aliphatic carbocycles. The molecule has 0 bridgehead atoms. The highest BCUT2D eigenvalue weighted by Crippen LogP contribution is 2.32. The van der Waals surface area contributed by atoms with Gasteiger partial charge in [0.05, 0.1) is 0 Å². The van der Waals surface area contributed by atoms with Gasteiger partial charge in [-0.2, -0.15) is 0 Å². The van der Waals surface area contributed by atoms with Gasteiger partial charge in [0.2, 0.25) is 0 Å². The average molecular weight is 306 g/mol. The van der Waals surface area contributed by atoms with Crippen LogP contribution in [0, 0.1) is 18.6 Å². The van der Waals surface area contributed by atoms with Crippen molar-refractivity contribution in [2.75, 3.05) is 11.4 Å². The molecular weight excluding hydrogens is 290 g/mol. The zero-order valence-electron chi connectivity index (χ0n) is 11.9. The van der Waals surface area contributed by atoms with Gasteiger partial charge in [-0.1, -0.05) is 30.4 Å². The summed E-state index contributed by atoms with van der Waals surface area (Å²) in [5.41, 5.74) is 7.23. The minimum Gasteiger partial charge on any atom is -0.389 e. The Balaban J connectivity index is 2.59. The first-order valence-corrected chi connectivity index (χ1v) is 6.98. The summed E-state index contributed by atoms with van der Waals surface area (Å²) >= 11 is 4.76. The number of benzene rings is 2. The molecule has 0 radical (unpaired) electrons. The fourth-order valence-electron chi connectivity index (χ4n) is 2.28. The van der Waals surface area contributed by atoms with Gasteiger partial charge in [0, 0.05) is 17.8 Å². The standard InChI is InChI=1S/C16H16F2N2S/c1-3-20(14-7-5-4-6-10(14)2)15-12(17)8-11(16(19)21)9-13(15)18/h4-9H,3H2,1-2H3,(H2,19,21). The first kappa shape index (κ1) is 15.4. The highest BCUT2D eigenvalue weighted by Gasteiger charge is 2.20. The maximum atomic E-state index is 14.3. The smallest absolute Gasteiger partial charge is 0.150 e. The van der Waals surface area contributed by atoms with Gasteiger partial charge in [0.15, 0.2) is 11.6 Å². The topological polar surface area (TPSA) is 29.3 Å². The molecule has 0 spiro atoms. The van der Waals surface area contributed by atoms with Crippen LogP contribution in [0.3, 0.4) is 0 Å².